The van der Waals surface area contributed by atoms with Gasteiger partial charge in [-0.2, -0.15) is 0 Å². The molecule has 1 fully saturated rings. The second-order valence-electron chi connectivity index (χ2n) is 4.12. The van der Waals surface area contributed by atoms with E-state index in [-0.39, 0.29) is 10.6 Å². The monoisotopic (exact) mass is 291 g/mol. The van der Waals surface area contributed by atoms with E-state index in [1.54, 1.807) is 12.1 Å². The normalized spacial score (nSPS) is 19.5. The maximum absolute atomic E-state index is 13.3. The van der Waals surface area contributed by atoms with Gasteiger partial charge in [-0.25, -0.2) is 4.39 Å². The fourth-order valence-electron chi connectivity index (χ4n) is 2.14. The molecule has 2 rings (SSSR count). The molecule has 1 aromatic rings. The van der Waals surface area contributed by atoms with Gasteiger partial charge in [0, 0.05) is 5.54 Å². The van der Waals surface area contributed by atoms with Crippen molar-refractivity contribution in [3.05, 3.63) is 33.0 Å². The van der Waals surface area contributed by atoms with Gasteiger partial charge in [0.1, 0.15) is 0 Å². The molecule has 1 nitrogen and oxygen atoms in total. The summed E-state index contributed by atoms with van der Waals surface area (Å²) in [6.45, 7) is 0. The fraction of sp³-hybridized carbons (Fsp3) is 0.455. The first-order valence-electron chi connectivity index (χ1n) is 4.97. The molecule has 0 amide bonds. The molecule has 0 aliphatic heterocycles. The predicted molar refractivity (Wildman–Crippen MR) is 63.4 cm³/mol. The summed E-state index contributed by atoms with van der Waals surface area (Å²) < 4.78 is 13.7. The van der Waals surface area contributed by atoms with Crippen LogP contribution in [-0.2, 0) is 5.54 Å². The smallest absolute Gasteiger partial charge is 0.155 e. The van der Waals surface area contributed by atoms with Crippen LogP contribution in [0.15, 0.2) is 16.6 Å². The van der Waals surface area contributed by atoms with Gasteiger partial charge in [-0.05, 0) is 46.5 Å². The van der Waals surface area contributed by atoms with Crippen LogP contribution < -0.4 is 5.73 Å². The zero-order chi connectivity index (χ0) is 11.1. The quantitative estimate of drug-likeness (QED) is 0.779. The molecule has 0 atom stereocenters. The summed E-state index contributed by atoms with van der Waals surface area (Å²) >= 11 is 8.95. The summed E-state index contributed by atoms with van der Waals surface area (Å²) in [5, 5.41) is 0.135. The first-order chi connectivity index (χ1) is 7.03. The van der Waals surface area contributed by atoms with Crippen LogP contribution in [0.1, 0.15) is 31.2 Å². The van der Waals surface area contributed by atoms with Crippen LogP contribution in [-0.4, -0.2) is 0 Å². The Morgan fingerprint density at radius 3 is 2.47 bits per heavy atom. The second kappa shape index (κ2) is 4.04. The average Bonchev–Trinajstić information content (AvgIpc) is 2.62. The van der Waals surface area contributed by atoms with Crippen molar-refractivity contribution in [2.75, 3.05) is 0 Å². The van der Waals surface area contributed by atoms with Crippen LogP contribution in [0.25, 0.3) is 0 Å². The first-order valence-corrected chi connectivity index (χ1v) is 6.14. The molecule has 2 N–H and O–H groups in total. The molecule has 0 bridgehead atoms. The number of halogens is 3. The third kappa shape index (κ3) is 2.05. The summed E-state index contributed by atoms with van der Waals surface area (Å²) in [6.07, 6.45) is 4.15. The molecule has 15 heavy (non-hydrogen) atoms. The zero-order valence-corrected chi connectivity index (χ0v) is 10.5. The lowest BCUT2D eigenvalue weighted by Gasteiger charge is -2.24. The summed E-state index contributed by atoms with van der Waals surface area (Å²) in [5.41, 5.74) is 6.88. The minimum absolute atomic E-state index is 0.135. The van der Waals surface area contributed by atoms with Gasteiger partial charge in [0.2, 0.25) is 0 Å². The van der Waals surface area contributed by atoms with E-state index in [9.17, 15) is 4.39 Å². The minimum atomic E-state index is -0.415. The van der Waals surface area contributed by atoms with E-state index in [2.05, 4.69) is 15.9 Å². The fourth-order valence-corrected chi connectivity index (χ4v) is 2.93. The van der Waals surface area contributed by atoms with Gasteiger partial charge in [0.15, 0.2) is 5.82 Å². The molecule has 0 saturated heterocycles. The number of nitrogens with two attached hydrogens (primary N) is 1. The van der Waals surface area contributed by atoms with Crippen molar-refractivity contribution in [1.29, 1.82) is 0 Å². The van der Waals surface area contributed by atoms with E-state index in [1.165, 1.54) is 0 Å². The zero-order valence-electron chi connectivity index (χ0n) is 8.19. The summed E-state index contributed by atoms with van der Waals surface area (Å²) in [7, 11) is 0. The lowest BCUT2D eigenvalue weighted by atomic mass is 9.89. The molecule has 82 valence electrons. The Bertz CT molecular complexity index is 365. The Morgan fingerprint density at radius 2 is 1.93 bits per heavy atom. The summed E-state index contributed by atoms with van der Waals surface area (Å²) in [5.74, 6) is -0.415. The van der Waals surface area contributed by atoms with Crippen molar-refractivity contribution in [3.8, 4) is 0 Å². The van der Waals surface area contributed by atoms with Gasteiger partial charge in [0.25, 0.3) is 0 Å². The highest BCUT2D eigenvalue weighted by Crippen LogP contribution is 2.39. The van der Waals surface area contributed by atoms with Crippen LogP contribution >= 0.6 is 27.5 Å². The van der Waals surface area contributed by atoms with E-state index >= 15 is 0 Å². The number of hydrogen-bond acceptors (Lipinski definition) is 1. The number of rotatable bonds is 1. The number of benzene rings is 1. The molecule has 1 aromatic carbocycles. The van der Waals surface area contributed by atoms with Gasteiger partial charge in [-0.3, -0.25) is 0 Å². The molecule has 0 heterocycles. The van der Waals surface area contributed by atoms with E-state index in [0.29, 0.717) is 4.47 Å². The molecule has 0 unspecified atom stereocenters. The van der Waals surface area contributed by atoms with Crippen molar-refractivity contribution < 1.29 is 4.39 Å². The third-order valence-corrected chi connectivity index (χ3v) is 3.91. The molecule has 0 radical (unpaired) electrons. The predicted octanol–water partition coefficient (Wildman–Crippen LogP) is 3.97. The Labute approximate surface area is 102 Å². The molecular weight excluding hydrogens is 280 g/mol. The van der Waals surface area contributed by atoms with Crippen molar-refractivity contribution >= 4 is 27.5 Å². The largest absolute Gasteiger partial charge is 0.321 e. The van der Waals surface area contributed by atoms with Crippen LogP contribution in [0.4, 0.5) is 4.39 Å². The maximum atomic E-state index is 13.3. The average molecular weight is 293 g/mol. The highest BCUT2D eigenvalue weighted by Gasteiger charge is 2.32. The Morgan fingerprint density at radius 1 is 1.33 bits per heavy atom. The molecule has 1 saturated carbocycles. The van der Waals surface area contributed by atoms with Crippen molar-refractivity contribution in [2.24, 2.45) is 5.73 Å². The number of hydrogen-bond donors (Lipinski definition) is 1. The molecule has 4 heteroatoms. The van der Waals surface area contributed by atoms with Gasteiger partial charge >= 0.3 is 0 Å². The van der Waals surface area contributed by atoms with Crippen LogP contribution in [0.3, 0.4) is 0 Å². The lowest BCUT2D eigenvalue weighted by molar-refractivity contribution is 0.460. The second-order valence-corrected chi connectivity index (χ2v) is 5.38. The van der Waals surface area contributed by atoms with Gasteiger partial charge in [-0.15, -0.1) is 0 Å². The third-order valence-electron chi connectivity index (χ3n) is 3.05. The van der Waals surface area contributed by atoms with Gasteiger partial charge in [-0.1, -0.05) is 24.4 Å². The Balaban J connectivity index is 2.45. The molecule has 1 aliphatic rings. The van der Waals surface area contributed by atoms with E-state index in [1.807, 2.05) is 0 Å². The Kier molecular flexibility index (Phi) is 3.06. The van der Waals surface area contributed by atoms with Crippen molar-refractivity contribution in [1.82, 2.24) is 0 Å². The maximum Gasteiger partial charge on any atom is 0.155 e. The van der Waals surface area contributed by atoms with Crippen LogP contribution in [0, 0.1) is 5.82 Å². The summed E-state index contributed by atoms with van der Waals surface area (Å²) in [4.78, 5) is 0. The standard InChI is InChI=1S/C11H12BrClFN/c12-8-5-7(6-9(13)10(8)14)11(15)3-1-2-4-11/h5-6H,1-4,15H2. The van der Waals surface area contributed by atoms with Gasteiger partial charge < -0.3 is 5.73 Å². The summed E-state index contributed by atoms with van der Waals surface area (Å²) in [6, 6.07) is 3.39. The van der Waals surface area contributed by atoms with Crippen LogP contribution in [0.2, 0.25) is 5.02 Å². The van der Waals surface area contributed by atoms with Crippen molar-refractivity contribution in [3.63, 3.8) is 0 Å². The molecule has 0 spiro atoms. The topological polar surface area (TPSA) is 26.0 Å². The minimum Gasteiger partial charge on any atom is -0.321 e. The van der Waals surface area contributed by atoms with Crippen LogP contribution in [0.5, 0.6) is 0 Å². The van der Waals surface area contributed by atoms with E-state index in [4.69, 9.17) is 17.3 Å². The highest BCUT2D eigenvalue weighted by atomic mass is 79.9. The lowest BCUT2D eigenvalue weighted by Crippen LogP contribution is -2.33. The highest BCUT2D eigenvalue weighted by molar-refractivity contribution is 9.10. The molecular formula is C11H12BrClFN. The Hall–Kier alpha value is -0.120. The van der Waals surface area contributed by atoms with Gasteiger partial charge in [0.05, 0.1) is 9.50 Å². The molecule has 1 aliphatic carbocycles. The van der Waals surface area contributed by atoms with E-state index < -0.39 is 5.82 Å². The SMILES string of the molecule is NC1(c2cc(Cl)c(F)c(Br)c2)CCCC1. The first kappa shape index (κ1) is 11.4. The van der Waals surface area contributed by atoms with E-state index in [0.717, 1.165) is 31.2 Å². The molecule has 0 aromatic heterocycles. The van der Waals surface area contributed by atoms with Crippen molar-refractivity contribution in [2.45, 2.75) is 31.2 Å².